The third kappa shape index (κ3) is 5.09. The molecule has 3 heteroatoms. The first-order chi connectivity index (χ1) is 5.55. The maximum absolute atomic E-state index is 6.05. The zero-order valence-corrected chi connectivity index (χ0v) is 10.8. The number of alkyl halides is 2. The lowest BCUT2D eigenvalue weighted by Gasteiger charge is -2.32. The molecule has 0 aliphatic carbocycles. The Kier molecular flexibility index (Phi) is 4.56. The van der Waals surface area contributed by atoms with Crippen LogP contribution in [0, 0.1) is 10.8 Å². The summed E-state index contributed by atoms with van der Waals surface area (Å²) in [6, 6.07) is 0. The molecule has 13 heavy (non-hydrogen) atoms. The fourth-order valence-electron chi connectivity index (χ4n) is 0.513. The Bertz CT molecular complexity index is 137. The number of hydrogen-bond donors (Lipinski definition) is 0. The van der Waals surface area contributed by atoms with E-state index in [-0.39, 0.29) is 22.0 Å². The third-order valence-corrected chi connectivity index (χ3v) is 3.12. The van der Waals surface area contributed by atoms with Crippen LogP contribution in [-0.4, -0.2) is 11.1 Å². The van der Waals surface area contributed by atoms with Gasteiger partial charge in [0.25, 0.3) is 0 Å². The van der Waals surface area contributed by atoms with Gasteiger partial charge in [0.15, 0.2) is 0 Å². The highest BCUT2D eigenvalue weighted by Gasteiger charge is 2.30. The number of ether oxygens (including phenoxy) is 1. The van der Waals surface area contributed by atoms with Crippen molar-refractivity contribution in [1.29, 1.82) is 0 Å². The van der Waals surface area contributed by atoms with Crippen LogP contribution in [-0.2, 0) is 4.74 Å². The average molecular weight is 227 g/mol. The van der Waals surface area contributed by atoms with Gasteiger partial charge in [-0.15, -0.1) is 0 Å². The van der Waals surface area contributed by atoms with Crippen LogP contribution in [0.2, 0.25) is 0 Å². The van der Waals surface area contributed by atoms with E-state index in [1.165, 1.54) is 0 Å². The molecule has 0 aliphatic rings. The van der Waals surface area contributed by atoms with Gasteiger partial charge in [0.05, 0.1) is 0 Å². The predicted molar refractivity (Wildman–Crippen MR) is 59.3 cm³/mol. The minimum absolute atomic E-state index is 0.0834. The quantitative estimate of drug-likeness (QED) is 0.641. The van der Waals surface area contributed by atoms with Gasteiger partial charge >= 0.3 is 0 Å². The summed E-state index contributed by atoms with van der Waals surface area (Å²) in [6.07, 6.45) is 0. The summed E-state index contributed by atoms with van der Waals surface area (Å²) >= 11 is 12.1. The molecular formula is C10H20Cl2O. The summed E-state index contributed by atoms with van der Waals surface area (Å²) in [5, 5.41) is 0. The topological polar surface area (TPSA) is 9.23 Å². The minimum atomic E-state index is -0.353. The van der Waals surface area contributed by atoms with E-state index in [0.717, 1.165) is 0 Å². The van der Waals surface area contributed by atoms with Crippen molar-refractivity contribution < 1.29 is 4.74 Å². The van der Waals surface area contributed by atoms with E-state index in [1.54, 1.807) is 0 Å². The van der Waals surface area contributed by atoms with Crippen molar-refractivity contribution in [3.63, 3.8) is 0 Å². The minimum Gasteiger partial charge on any atom is -0.342 e. The Hall–Kier alpha value is 0.540. The molecule has 80 valence electrons. The molecule has 0 aromatic carbocycles. The zero-order valence-electron chi connectivity index (χ0n) is 9.32. The van der Waals surface area contributed by atoms with Crippen molar-refractivity contribution in [3.05, 3.63) is 0 Å². The first-order valence-corrected chi connectivity index (χ1v) is 5.36. The second-order valence-corrected chi connectivity index (χ2v) is 6.29. The SMILES string of the molecule is CC(C)(C)C(Cl)OC(Cl)C(C)(C)C. The molecule has 2 unspecified atom stereocenters. The summed E-state index contributed by atoms with van der Waals surface area (Å²) in [7, 11) is 0. The molecule has 0 aromatic heterocycles. The molecular weight excluding hydrogens is 207 g/mol. The van der Waals surface area contributed by atoms with E-state index in [4.69, 9.17) is 27.9 Å². The Balaban J connectivity index is 4.15. The molecule has 0 N–H and O–H groups in total. The Morgan fingerprint density at radius 2 is 1.00 bits per heavy atom. The molecule has 0 aliphatic heterocycles. The zero-order chi connectivity index (χ0) is 10.9. The van der Waals surface area contributed by atoms with Crippen molar-refractivity contribution in [1.82, 2.24) is 0 Å². The first-order valence-electron chi connectivity index (χ1n) is 4.49. The summed E-state index contributed by atoms with van der Waals surface area (Å²) in [6.45, 7) is 12.1. The van der Waals surface area contributed by atoms with Crippen LogP contribution >= 0.6 is 23.2 Å². The van der Waals surface area contributed by atoms with Crippen LogP contribution in [0.25, 0.3) is 0 Å². The van der Waals surface area contributed by atoms with Gasteiger partial charge in [-0.1, -0.05) is 64.7 Å². The number of hydrogen-bond acceptors (Lipinski definition) is 1. The van der Waals surface area contributed by atoms with E-state index < -0.39 is 0 Å². The lowest BCUT2D eigenvalue weighted by atomic mass is 9.96. The smallest absolute Gasteiger partial charge is 0.138 e. The van der Waals surface area contributed by atoms with Crippen LogP contribution < -0.4 is 0 Å². The second-order valence-electron chi connectivity index (χ2n) is 5.50. The fourth-order valence-corrected chi connectivity index (χ4v) is 0.772. The highest BCUT2D eigenvalue weighted by molar-refractivity contribution is 6.22. The van der Waals surface area contributed by atoms with Gasteiger partial charge in [-0.05, 0) is 0 Å². The van der Waals surface area contributed by atoms with Crippen LogP contribution in [0.5, 0.6) is 0 Å². The summed E-state index contributed by atoms with van der Waals surface area (Å²) in [5.74, 6) is 0. The van der Waals surface area contributed by atoms with E-state index in [1.807, 2.05) is 41.5 Å². The third-order valence-electron chi connectivity index (χ3n) is 1.60. The molecule has 0 aromatic rings. The standard InChI is InChI=1S/C10H20Cl2O/c1-9(2,3)7(11)13-8(12)10(4,5)6/h7-8H,1-6H3. The molecule has 0 amide bonds. The van der Waals surface area contributed by atoms with Crippen LogP contribution in [0.1, 0.15) is 41.5 Å². The highest BCUT2D eigenvalue weighted by atomic mass is 35.5. The molecule has 0 bridgehead atoms. The highest BCUT2D eigenvalue weighted by Crippen LogP contribution is 2.33. The summed E-state index contributed by atoms with van der Waals surface area (Å²) < 4.78 is 5.51. The number of rotatable bonds is 2. The van der Waals surface area contributed by atoms with Gasteiger partial charge in [-0.2, -0.15) is 0 Å². The molecule has 0 saturated carbocycles. The summed E-state index contributed by atoms with van der Waals surface area (Å²) in [4.78, 5) is 0. The van der Waals surface area contributed by atoms with E-state index in [2.05, 4.69) is 0 Å². The van der Waals surface area contributed by atoms with E-state index in [0.29, 0.717) is 0 Å². The molecule has 0 spiro atoms. The van der Waals surface area contributed by atoms with Crippen LogP contribution in [0.15, 0.2) is 0 Å². The fraction of sp³-hybridized carbons (Fsp3) is 1.00. The summed E-state index contributed by atoms with van der Waals surface area (Å²) in [5.41, 5.74) is -0.872. The monoisotopic (exact) mass is 226 g/mol. The lowest BCUT2D eigenvalue weighted by Crippen LogP contribution is -2.32. The van der Waals surface area contributed by atoms with Gasteiger partial charge in [-0.3, -0.25) is 0 Å². The van der Waals surface area contributed by atoms with Crippen molar-refractivity contribution in [2.24, 2.45) is 10.8 Å². The Morgan fingerprint density at radius 3 is 1.15 bits per heavy atom. The largest absolute Gasteiger partial charge is 0.342 e. The molecule has 0 saturated heterocycles. The molecule has 0 fully saturated rings. The molecule has 0 rings (SSSR count). The Labute approximate surface area is 91.7 Å². The second kappa shape index (κ2) is 4.37. The number of halogens is 2. The molecule has 0 radical (unpaired) electrons. The van der Waals surface area contributed by atoms with Crippen LogP contribution in [0.4, 0.5) is 0 Å². The van der Waals surface area contributed by atoms with E-state index in [9.17, 15) is 0 Å². The van der Waals surface area contributed by atoms with Crippen molar-refractivity contribution >= 4 is 23.2 Å². The first kappa shape index (κ1) is 13.5. The predicted octanol–water partition coefficient (Wildman–Crippen LogP) is 4.23. The van der Waals surface area contributed by atoms with Gasteiger partial charge in [0.1, 0.15) is 11.1 Å². The lowest BCUT2D eigenvalue weighted by molar-refractivity contribution is -0.0247. The van der Waals surface area contributed by atoms with Crippen molar-refractivity contribution in [2.45, 2.75) is 52.7 Å². The van der Waals surface area contributed by atoms with Crippen LogP contribution in [0.3, 0.4) is 0 Å². The average Bonchev–Trinajstić information content (AvgIpc) is 1.82. The van der Waals surface area contributed by atoms with Gasteiger partial charge in [0.2, 0.25) is 0 Å². The maximum Gasteiger partial charge on any atom is 0.138 e. The normalized spacial score (nSPS) is 18.5. The van der Waals surface area contributed by atoms with Gasteiger partial charge in [-0.25, -0.2) is 0 Å². The molecule has 2 atom stereocenters. The van der Waals surface area contributed by atoms with Gasteiger partial charge < -0.3 is 4.74 Å². The van der Waals surface area contributed by atoms with Crippen molar-refractivity contribution in [3.8, 4) is 0 Å². The van der Waals surface area contributed by atoms with Gasteiger partial charge in [0, 0.05) is 10.8 Å². The Morgan fingerprint density at radius 1 is 0.769 bits per heavy atom. The van der Waals surface area contributed by atoms with E-state index >= 15 is 0 Å². The van der Waals surface area contributed by atoms with Crippen molar-refractivity contribution in [2.75, 3.05) is 0 Å². The molecule has 1 nitrogen and oxygen atoms in total. The molecule has 0 heterocycles. The maximum atomic E-state index is 6.05.